The van der Waals surface area contributed by atoms with Gasteiger partial charge in [-0.3, -0.25) is 19.9 Å². The summed E-state index contributed by atoms with van der Waals surface area (Å²) in [5.41, 5.74) is 1.97. The maximum atomic E-state index is 13.5. The summed E-state index contributed by atoms with van der Waals surface area (Å²) < 4.78 is 11.5. The van der Waals surface area contributed by atoms with E-state index in [1.54, 1.807) is 12.4 Å². The number of pyridine rings is 1. The number of anilines is 1. The number of aromatic nitrogens is 1. The zero-order valence-corrected chi connectivity index (χ0v) is 25.0. The first-order valence-corrected chi connectivity index (χ1v) is 14.7. The molecule has 12 nitrogen and oxygen atoms in total. The fraction of sp³-hybridized carbons (Fsp3) is 0.235. The van der Waals surface area contributed by atoms with Crippen LogP contribution in [0.4, 0.5) is 11.4 Å². The lowest BCUT2D eigenvalue weighted by atomic mass is 9.78. The van der Waals surface area contributed by atoms with E-state index in [-0.39, 0.29) is 29.5 Å². The average Bonchev–Trinajstić information content (AvgIpc) is 3.30. The number of hydrogen-bond donors (Lipinski definition) is 2. The molecule has 1 saturated heterocycles. The fourth-order valence-electron chi connectivity index (χ4n) is 6.15. The molecule has 0 radical (unpaired) electrons. The summed E-state index contributed by atoms with van der Waals surface area (Å²) in [5, 5.41) is 26.5. The Morgan fingerprint density at radius 2 is 1.78 bits per heavy atom. The minimum Gasteiger partial charge on any atom is -0.488 e. The van der Waals surface area contributed by atoms with Gasteiger partial charge in [-0.15, -0.1) is 0 Å². The van der Waals surface area contributed by atoms with Crippen molar-refractivity contribution in [2.45, 2.75) is 32.5 Å². The number of rotatable bonds is 10. The molecule has 234 valence electrons. The Labute approximate surface area is 263 Å². The van der Waals surface area contributed by atoms with Crippen LogP contribution in [0.15, 0.2) is 96.5 Å². The lowest BCUT2D eigenvalue weighted by Crippen LogP contribution is -2.63. The molecule has 1 fully saturated rings. The highest BCUT2D eigenvalue weighted by molar-refractivity contribution is 6.06. The van der Waals surface area contributed by atoms with Gasteiger partial charge in [0.25, 0.3) is 5.69 Å². The Hall–Kier alpha value is -5.62. The maximum absolute atomic E-state index is 13.5. The van der Waals surface area contributed by atoms with E-state index in [9.17, 15) is 29.6 Å². The first kappa shape index (κ1) is 30.4. The lowest BCUT2D eigenvalue weighted by molar-refractivity contribution is -0.384. The molecule has 2 aliphatic heterocycles. The van der Waals surface area contributed by atoms with Gasteiger partial charge in [-0.05, 0) is 42.8 Å². The molecule has 1 aromatic heterocycles. The monoisotopic (exact) mass is 622 g/mol. The van der Waals surface area contributed by atoms with E-state index in [4.69, 9.17) is 9.47 Å². The van der Waals surface area contributed by atoms with Crippen LogP contribution in [0.3, 0.4) is 0 Å². The topological polar surface area (TPSA) is 161 Å². The van der Waals surface area contributed by atoms with Crippen LogP contribution in [0, 0.1) is 22.0 Å². The Bertz CT molecular complexity index is 1870. The number of aliphatic hydroxyl groups is 1. The van der Waals surface area contributed by atoms with Crippen molar-refractivity contribution in [2.75, 3.05) is 11.9 Å². The van der Waals surface area contributed by atoms with Crippen molar-refractivity contribution in [3.63, 3.8) is 0 Å². The van der Waals surface area contributed by atoms with E-state index in [2.05, 4.69) is 10.3 Å². The first-order valence-electron chi connectivity index (χ1n) is 14.7. The number of aliphatic hydroxyl groups excluding tert-OH is 1. The number of fused-ring (bicyclic) bond motifs is 2. The molecule has 0 spiro atoms. The van der Waals surface area contributed by atoms with Gasteiger partial charge in [-0.1, -0.05) is 37.3 Å². The standard InChI is InChI=1S/C34H30N4O8/c1-19-26(18-45-28-10-4-7-24-25(28)8-3-9-27(24)36-17-21-6-5-15-35-16-21)31(37-30(19)29(20(2)39)32(37)40)34(42)46-33(41)22-11-13-23(14-12-22)38(43)44/h3-16,19-20,29-30,36,39H,17-18H2,1-2H3/t19-,20+,29+,30+/m0/s1. The number of nitro benzene ring substituents is 1. The molecule has 0 saturated carbocycles. The lowest BCUT2D eigenvalue weighted by Gasteiger charge is -2.46. The number of carbonyl (C=O) groups is 3. The van der Waals surface area contributed by atoms with Gasteiger partial charge < -0.3 is 24.8 Å². The molecule has 0 unspecified atom stereocenters. The summed E-state index contributed by atoms with van der Waals surface area (Å²) in [7, 11) is 0. The molecule has 1 amide bonds. The van der Waals surface area contributed by atoms with Gasteiger partial charge in [0, 0.05) is 59.0 Å². The second-order valence-electron chi connectivity index (χ2n) is 11.3. The number of non-ortho nitro benzene ring substituents is 1. The molecule has 0 bridgehead atoms. The highest BCUT2D eigenvalue weighted by atomic mass is 16.6. The van der Waals surface area contributed by atoms with Crippen molar-refractivity contribution in [3.8, 4) is 5.75 Å². The van der Waals surface area contributed by atoms with Crippen molar-refractivity contribution < 1.29 is 33.9 Å². The molecule has 4 aromatic rings. The van der Waals surface area contributed by atoms with Gasteiger partial charge in [0.05, 0.1) is 28.6 Å². The average molecular weight is 623 g/mol. The van der Waals surface area contributed by atoms with E-state index in [1.807, 2.05) is 55.5 Å². The van der Waals surface area contributed by atoms with Crippen LogP contribution in [0.2, 0.25) is 0 Å². The minimum atomic E-state index is -1.05. The Morgan fingerprint density at radius 1 is 1.04 bits per heavy atom. The number of β-lactam (4-membered cyclic amide) rings is 1. The molecule has 2 N–H and O–H groups in total. The SMILES string of the molecule is C[C@@H](O)[C@H]1C(=O)N2C(C(=O)OC(=O)c3ccc([N+](=O)[O-])cc3)=C(COc3cccc4c(NCc5cccnc5)cccc34)[C@H](C)[C@H]12. The normalized spacial score (nSPS) is 19.3. The van der Waals surface area contributed by atoms with Gasteiger partial charge in [-0.2, -0.15) is 0 Å². The largest absolute Gasteiger partial charge is 0.488 e. The zero-order chi connectivity index (χ0) is 32.5. The van der Waals surface area contributed by atoms with Gasteiger partial charge in [0.2, 0.25) is 5.91 Å². The maximum Gasteiger partial charge on any atom is 0.363 e. The van der Waals surface area contributed by atoms with E-state index in [0.29, 0.717) is 17.9 Å². The highest BCUT2D eigenvalue weighted by Gasteiger charge is 2.60. The molecule has 3 heterocycles. The molecule has 6 rings (SSSR count). The van der Waals surface area contributed by atoms with Crippen molar-refractivity contribution in [1.82, 2.24) is 9.88 Å². The fourth-order valence-corrected chi connectivity index (χ4v) is 6.15. The number of ether oxygens (including phenoxy) is 2. The predicted molar refractivity (Wildman–Crippen MR) is 167 cm³/mol. The number of amides is 1. The highest BCUT2D eigenvalue weighted by Crippen LogP contribution is 2.47. The summed E-state index contributed by atoms with van der Waals surface area (Å²) in [6.45, 7) is 3.84. The molecule has 0 aliphatic carbocycles. The second-order valence-corrected chi connectivity index (χ2v) is 11.3. The predicted octanol–water partition coefficient (Wildman–Crippen LogP) is 4.63. The minimum absolute atomic E-state index is 0.0690. The summed E-state index contributed by atoms with van der Waals surface area (Å²) in [6, 6.07) is 19.4. The second kappa shape index (κ2) is 12.4. The van der Waals surface area contributed by atoms with E-state index >= 15 is 0 Å². The summed E-state index contributed by atoms with van der Waals surface area (Å²) in [6.07, 6.45) is 2.56. The van der Waals surface area contributed by atoms with Crippen LogP contribution in [0.1, 0.15) is 29.8 Å². The Balaban J connectivity index is 1.27. The number of esters is 2. The van der Waals surface area contributed by atoms with Gasteiger partial charge in [0.1, 0.15) is 18.1 Å². The molecule has 46 heavy (non-hydrogen) atoms. The third-order valence-electron chi connectivity index (χ3n) is 8.48. The third-order valence-corrected chi connectivity index (χ3v) is 8.48. The molecule has 3 aromatic carbocycles. The quantitative estimate of drug-likeness (QED) is 0.0839. The van der Waals surface area contributed by atoms with Crippen LogP contribution in [0.25, 0.3) is 10.8 Å². The number of carbonyl (C=O) groups excluding carboxylic acids is 3. The number of nitrogens with zero attached hydrogens (tertiary/aromatic N) is 3. The third kappa shape index (κ3) is 5.54. The van der Waals surface area contributed by atoms with Crippen molar-refractivity contribution in [2.24, 2.45) is 11.8 Å². The summed E-state index contributed by atoms with van der Waals surface area (Å²) >= 11 is 0. The van der Waals surface area contributed by atoms with Crippen LogP contribution < -0.4 is 10.1 Å². The molecular formula is C34H30N4O8. The van der Waals surface area contributed by atoms with Crippen molar-refractivity contribution in [1.29, 1.82) is 0 Å². The van der Waals surface area contributed by atoms with Crippen LogP contribution >= 0.6 is 0 Å². The van der Waals surface area contributed by atoms with E-state index in [0.717, 1.165) is 34.2 Å². The van der Waals surface area contributed by atoms with Crippen LogP contribution in [-0.2, 0) is 20.9 Å². The van der Waals surface area contributed by atoms with E-state index < -0.39 is 40.8 Å². The van der Waals surface area contributed by atoms with Crippen molar-refractivity contribution >= 4 is 40.0 Å². The number of hydrogen-bond acceptors (Lipinski definition) is 10. The van der Waals surface area contributed by atoms with E-state index in [1.165, 1.54) is 24.0 Å². The van der Waals surface area contributed by atoms with Crippen molar-refractivity contribution in [3.05, 3.63) is 118 Å². The molecule has 12 heteroatoms. The number of benzene rings is 3. The summed E-state index contributed by atoms with van der Waals surface area (Å²) in [4.78, 5) is 55.2. The van der Waals surface area contributed by atoms with Gasteiger partial charge in [-0.25, -0.2) is 9.59 Å². The smallest absolute Gasteiger partial charge is 0.363 e. The molecule has 4 atom stereocenters. The number of nitrogens with one attached hydrogen (secondary N) is 1. The first-order chi connectivity index (χ1) is 22.2. The van der Waals surface area contributed by atoms with Gasteiger partial charge >= 0.3 is 11.9 Å². The zero-order valence-electron chi connectivity index (χ0n) is 25.0. The number of nitro groups is 1. The molecule has 2 aliphatic rings. The van der Waals surface area contributed by atoms with Gasteiger partial charge in [0.15, 0.2) is 0 Å². The van der Waals surface area contributed by atoms with Crippen LogP contribution in [-0.4, -0.2) is 56.5 Å². The van der Waals surface area contributed by atoms with Crippen LogP contribution in [0.5, 0.6) is 5.75 Å². The summed E-state index contributed by atoms with van der Waals surface area (Å²) in [5.74, 6) is -3.10. The Kier molecular flexibility index (Phi) is 8.20. The molecular weight excluding hydrogens is 592 g/mol. The Morgan fingerprint density at radius 3 is 2.48 bits per heavy atom.